The summed E-state index contributed by atoms with van der Waals surface area (Å²) in [6.07, 6.45) is 10.3. The molecule has 0 unspecified atom stereocenters. The average molecular weight is 284 g/mol. The van der Waals surface area contributed by atoms with Gasteiger partial charge in [-0.1, -0.05) is 24.4 Å². The minimum atomic E-state index is 0.532. The van der Waals surface area contributed by atoms with E-state index in [1.807, 2.05) is 0 Å². The minimum Gasteiger partial charge on any atom is -0.408 e. The molecule has 2 fully saturated rings. The molecule has 0 amide bonds. The van der Waals surface area contributed by atoms with Crippen molar-refractivity contribution in [2.45, 2.75) is 51.4 Å². The second-order valence-electron chi connectivity index (χ2n) is 5.97. The monoisotopic (exact) mass is 283 g/mol. The third-order valence-corrected chi connectivity index (χ3v) is 4.96. The Labute approximate surface area is 119 Å². The van der Waals surface area contributed by atoms with Gasteiger partial charge < -0.3 is 9.32 Å². The number of hydrogen-bond donors (Lipinski definition) is 0. The molecule has 19 heavy (non-hydrogen) atoms. The molecule has 1 saturated heterocycles. The summed E-state index contributed by atoms with van der Waals surface area (Å²) in [5, 5.41) is 8.19. The third-order valence-electron chi connectivity index (χ3n) is 4.77. The van der Waals surface area contributed by atoms with Crippen molar-refractivity contribution in [1.29, 1.82) is 0 Å². The van der Waals surface area contributed by atoms with Gasteiger partial charge in [-0.25, -0.2) is 0 Å². The van der Waals surface area contributed by atoms with Crippen molar-refractivity contribution in [2.24, 2.45) is 5.41 Å². The van der Waals surface area contributed by atoms with Gasteiger partial charge in [-0.3, -0.25) is 0 Å². The lowest BCUT2D eigenvalue weighted by Gasteiger charge is -2.43. The van der Waals surface area contributed by atoms with Crippen LogP contribution < -0.4 is 4.90 Å². The van der Waals surface area contributed by atoms with Gasteiger partial charge in [-0.15, -0.1) is 16.7 Å². The molecule has 5 heteroatoms. The third kappa shape index (κ3) is 2.88. The lowest BCUT2D eigenvalue weighted by molar-refractivity contribution is 0.142. The lowest BCUT2D eigenvalue weighted by Crippen LogP contribution is -2.41. The van der Waals surface area contributed by atoms with E-state index < -0.39 is 0 Å². The van der Waals surface area contributed by atoms with Crippen LogP contribution in [0.4, 0.5) is 6.01 Å². The zero-order chi connectivity index (χ0) is 13.1. The van der Waals surface area contributed by atoms with Crippen LogP contribution in [-0.2, 0) is 6.42 Å². The molecule has 1 saturated carbocycles. The van der Waals surface area contributed by atoms with Gasteiger partial charge >= 0.3 is 6.01 Å². The average Bonchev–Trinajstić information content (AvgIpc) is 2.90. The number of alkyl halides is 1. The van der Waals surface area contributed by atoms with Gasteiger partial charge in [0.25, 0.3) is 0 Å². The first-order chi connectivity index (χ1) is 9.31. The van der Waals surface area contributed by atoms with Crippen LogP contribution in [0.15, 0.2) is 4.42 Å². The molecular formula is C14H22ClN3O. The van der Waals surface area contributed by atoms with Crippen molar-refractivity contribution in [2.75, 3.05) is 23.9 Å². The van der Waals surface area contributed by atoms with E-state index in [9.17, 15) is 0 Å². The molecule has 0 bridgehead atoms. The second kappa shape index (κ2) is 5.70. The van der Waals surface area contributed by atoms with Gasteiger partial charge in [0.2, 0.25) is 5.89 Å². The summed E-state index contributed by atoms with van der Waals surface area (Å²) in [6.45, 7) is 2.12. The summed E-state index contributed by atoms with van der Waals surface area (Å²) in [5.41, 5.74) is 0.619. The van der Waals surface area contributed by atoms with Crippen molar-refractivity contribution in [3.8, 4) is 0 Å². The van der Waals surface area contributed by atoms with Crippen LogP contribution in [0.1, 0.15) is 50.8 Å². The summed E-state index contributed by atoms with van der Waals surface area (Å²) >= 11 is 5.69. The van der Waals surface area contributed by atoms with Crippen molar-refractivity contribution in [1.82, 2.24) is 10.2 Å². The molecule has 0 radical (unpaired) electrons. The van der Waals surface area contributed by atoms with Crippen LogP contribution in [-0.4, -0.2) is 29.2 Å². The predicted molar refractivity (Wildman–Crippen MR) is 75.7 cm³/mol. The number of aryl methyl sites for hydroxylation is 1. The van der Waals surface area contributed by atoms with E-state index in [4.69, 9.17) is 16.0 Å². The topological polar surface area (TPSA) is 42.2 Å². The maximum absolute atomic E-state index is 5.69. The Balaban J connectivity index is 1.59. The van der Waals surface area contributed by atoms with Crippen molar-refractivity contribution in [3.63, 3.8) is 0 Å². The van der Waals surface area contributed by atoms with E-state index in [-0.39, 0.29) is 0 Å². The molecule has 2 aliphatic rings. The summed E-state index contributed by atoms with van der Waals surface area (Å²) in [7, 11) is 0. The molecule has 0 atom stereocenters. The molecule has 1 aromatic rings. The highest BCUT2D eigenvalue weighted by molar-refractivity contribution is 6.17. The largest absolute Gasteiger partial charge is 0.408 e. The Kier molecular flexibility index (Phi) is 3.96. The van der Waals surface area contributed by atoms with Gasteiger partial charge in [0.1, 0.15) is 0 Å². The first kappa shape index (κ1) is 13.2. The number of hydrogen-bond acceptors (Lipinski definition) is 4. The Bertz CT molecular complexity index is 405. The molecule has 3 rings (SSSR count). The Morgan fingerprint density at radius 1 is 1.05 bits per heavy atom. The Morgan fingerprint density at radius 3 is 2.47 bits per heavy atom. The highest BCUT2D eigenvalue weighted by Crippen LogP contribution is 2.44. The molecule has 1 aliphatic heterocycles. The normalized spacial score (nSPS) is 22.9. The van der Waals surface area contributed by atoms with Crippen LogP contribution >= 0.6 is 11.6 Å². The Morgan fingerprint density at radius 2 is 1.79 bits per heavy atom. The summed E-state index contributed by atoms with van der Waals surface area (Å²) in [6, 6.07) is 0.686. The standard InChI is InChI=1S/C14H22ClN3O/c15-9-4-12-16-17-13(19-12)18-10-7-14(8-11-18)5-2-1-3-6-14/h1-11H2. The molecule has 1 spiro atoms. The fraction of sp³-hybridized carbons (Fsp3) is 0.857. The minimum absolute atomic E-state index is 0.532. The zero-order valence-corrected chi connectivity index (χ0v) is 12.2. The van der Waals surface area contributed by atoms with Gasteiger partial charge in [0.05, 0.1) is 0 Å². The fourth-order valence-electron chi connectivity index (χ4n) is 3.53. The zero-order valence-electron chi connectivity index (χ0n) is 11.4. The van der Waals surface area contributed by atoms with Crippen LogP contribution in [0.3, 0.4) is 0 Å². The first-order valence-electron chi connectivity index (χ1n) is 7.45. The van der Waals surface area contributed by atoms with Crippen LogP contribution in [0, 0.1) is 5.41 Å². The first-order valence-corrected chi connectivity index (χ1v) is 7.98. The van der Waals surface area contributed by atoms with Crippen molar-refractivity contribution >= 4 is 17.6 Å². The number of rotatable bonds is 3. The molecule has 106 valence electrons. The molecule has 1 aliphatic carbocycles. The fourth-order valence-corrected chi connectivity index (χ4v) is 3.69. The molecular weight excluding hydrogens is 262 g/mol. The van der Waals surface area contributed by atoms with Gasteiger partial charge in [-0.05, 0) is 31.1 Å². The smallest absolute Gasteiger partial charge is 0.318 e. The highest BCUT2D eigenvalue weighted by Gasteiger charge is 2.36. The molecule has 2 heterocycles. The van der Waals surface area contributed by atoms with Gasteiger partial charge in [0, 0.05) is 25.4 Å². The van der Waals surface area contributed by atoms with Crippen LogP contribution in [0.2, 0.25) is 0 Å². The van der Waals surface area contributed by atoms with Gasteiger partial charge in [0.15, 0.2) is 0 Å². The number of nitrogens with zero attached hydrogens (tertiary/aromatic N) is 3. The van der Waals surface area contributed by atoms with Crippen molar-refractivity contribution < 1.29 is 4.42 Å². The van der Waals surface area contributed by atoms with E-state index in [0.29, 0.717) is 29.6 Å². The number of piperidine rings is 1. The maximum atomic E-state index is 5.69. The summed E-state index contributed by atoms with van der Waals surface area (Å²) in [4.78, 5) is 2.24. The van der Waals surface area contributed by atoms with E-state index in [2.05, 4.69) is 15.1 Å². The Hall–Kier alpha value is -0.770. The molecule has 4 nitrogen and oxygen atoms in total. The lowest BCUT2D eigenvalue weighted by atomic mass is 9.68. The van der Waals surface area contributed by atoms with Crippen LogP contribution in [0.25, 0.3) is 0 Å². The highest BCUT2D eigenvalue weighted by atomic mass is 35.5. The second-order valence-corrected chi connectivity index (χ2v) is 6.34. The number of aromatic nitrogens is 2. The van der Waals surface area contributed by atoms with E-state index in [1.54, 1.807) is 0 Å². The van der Waals surface area contributed by atoms with Gasteiger partial charge in [-0.2, -0.15) is 0 Å². The number of halogens is 1. The predicted octanol–water partition coefficient (Wildman–Crippen LogP) is 3.40. The summed E-state index contributed by atoms with van der Waals surface area (Å²) < 4.78 is 5.66. The van der Waals surface area contributed by atoms with E-state index in [0.717, 1.165) is 13.1 Å². The maximum Gasteiger partial charge on any atom is 0.318 e. The number of anilines is 1. The van der Waals surface area contributed by atoms with Crippen molar-refractivity contribution in [3.05, 3.63) is 5.89 Å². The van der Waals surface area contributed by atoms with Crippen LogP contribution in [0.5, 0.6) is 0 Å². The van der Waals surface area contributed by atoms with E-state index >= 15 is 0 Å². The quantitative estimate of drug-likeness (QED) is 0.798. The summed E-state index contributed by atoms with van der Waals surface area (Å²) in [5.74, 6) is 1.19. The molecule has 0 aromatic carbocycles. The van der Waals surface area contributed by atoms with E-state index in [1.165, 1.54) is 44.9 Å². The SMILES string of the molecule is ClCCc1nnc(N2CCC3(CCCCC3)CC2)o1. The molecule has 0 N–H and O–H groups in total. The molecule has 1 aromatic heterocycles.